The number of carbonyl (C=O) groups excluding carboxylic acids is 3. The predicted octanol–water partition coefficient (Wildman–Crippen LogP) is 2.96. The van der Waals surface area contributed by atoms with E-state index in [-0.39, 0.29) is 23.7 Å². The van der Waals surface area contributed by atoms with Gasteiger partial charge in [-0.05, 0) is 18.2 Å². The molecule has 0 radical (unpaired) electrons. The molecule has 0 bridgehead atoms. The fourth-order valence-electron chi connectivity index (χ4n) is 3.65. The zero-order valence-electron chi connectivity index (χ0n) is 14.6. The molecule has 1 unspecified atom stereocenters. The molecule has 0 saturated carbocycles. The number of nitrogens with zero attached hydrogens (tertiary/aromatic N) is 2. The van der Waals surface area contributed by atoms with Gasteiger partial charge in [-0.1, -0.05) is 41.9 Å². The van der Waals surface area contributed by atoms with Crippen LogP contribution < -0.4 is 10.2 Å². The van der Waals surface area contributed by atoms with Crippen LogP contribution in [0.2, 0.25) is 5.02 Å². The number of halogens is 2. The zero-order chi connectivity index (χ0) is 20.1. The maximum Gasteiger partial charge on any atom is 0.326 e. The number of hydrogen-bond donors (Lipinski definition) is 1. The second-order valence-corrected chi connectivity index (χ2v) is 6.90. The molecule has 2 aliphatic rings. The van der Waals surface area contributed by atoms with Crippen LogP contribution in [0.25, 0.3) is 0 Å². The van der Waals surface area contributed by atoms with Gasteiger partial charge < -0.3 is 10.2 Å². The number of carbonyl (C=O) groups is 3. The Morgan fingerprint density at radius 3 is 2.50 bits per heavy atom. The van der Waals surface area contributed by atoms with Crippen molar-refractivity contribution in [1.82, 2.24) is 10.2 Å². The molecule has 28 heavy (non-hydrogen) atoms. The summed E-state index contributed by atoms with van der Waals surface area (Å²) < 4.78 is 14.3. The molecule has 4 amide bonds. The van der Waals surface area contributed by atoms with Crippen LogP contribution in [0.1, 0.15) is 11.1 Å². The summed E-state index contributed by atoms with van der Waals surface area (Å²) in [6.07, 6.45) is 1.40. The second kappa shape index (κ2) is 6.45. The maximum atomic E-state index is 14.3. The van der Waals surface area contributed by atoms with Crippen LogP contribution in [0, 0.1) is 5.82 Å². The number of hydrogen-bond acceptors (Lipinski definition) is 3. The molecule has 1 spiro atoms. The first-order valence-corrected chi connectivity index (χ1v) is 8.89. The fraction of sp³-hybridized carbons (Fsp3) is 0.150. The largest absolute Gasteiger partial charge is 0.326 e. The molecule has 1 atom stereocenters. The molecule has 1 N–H and O–H groups in total. The molecule has 142 valence electrons. The Morgan fingerprint density at radius 1 is 1.07 bits per heavy atom. The number of fused-ring (bicyclic) bond motifs is 2. The zero-order valence-corrected chi connectivity index (χ0v) is 15.4. The third kappa shape index (κ3) is 2.36. The first-order valence-electron chi connectivity index (χ1n) is 8.51. The van der Waals surface area contributed by atoms with Crippen molar-refractivity contribution in [3.8, 4) is 0 Å². The van der Waals surface area contributed by atoms with E-state index in [1.165, 1.54) is 29.2 Å². The van der Waals surface area contributed by atoms with Crippen LogP contribution >= 0.6 is 11.6 Å². The molecule has 8 heteroatoms. The van der Waals surface area contributed by atoms with Crippen molar-refractivity contribution in [3.05, 3.63) is 77.1 Å². The molecule has 0 aromatic heterocycles. The van der Waals surface area contributed by atoms with Crippen molar-refractivity contribution in [1.29, 1.82) is 0 Å². The van der Waals surface area contributed by atoms with Gasteiger partial charge in [-0.3, -0.25) is 14.5 Å². The monoisotopic (exact) mass is 399 g/mol. The van der Waals surface area contributed by atoms with Gasteiger partial charge in [0.15, 0.2) is 0 Å². The molecule has 1 saturated heterocycles. The number of urea groups is 1. The van der Waals surface area contributed by atoms with Crippen LogP contribution in [0.15, 0.2) is 55.1 Å². The average Bonchev–Trinajstić information content (AvgIpc) is 3.06. The Bertz CT molecular complexity index is 1020. The van der Waals surface area contributed by atoms with E-state index in [2.05, 4.69) is 11.9 Å². The normalized spacial score (nSPS) is 20.7. The van der Waals surface area contributed by atoms with E-state index in [4.69, 9.17) is 11.6 Å². The van der Waals surface area contributed by atoms with E-state index < -0.39 is 29.2 Å². The maximum absolute atomic E-state index is 14.3. The van der Waals surface area contributed by atoms with Gasteiger partial charge in [-0.15, -0.1) is 6.58 Å². The van der Waals surface area contributed by atoms with Gasteiger partial charge in [0.1, 0.15) is 5.82 Å². The van der Waals surface area contributed by atoms with Gasteiger partial charge in [0.25, 0.3) is 11.8 Å². The minimum Gasteiger partial charge on any atom is -0.311 e. The lowest BCUT2D eigenvalue weighted by molar-refractivity contribution is -0.138. The van der Waals surface area contributed by atoms with E-state index in [9.17, 15) is 18.8 Å². The minimum absolute atomic E-state index is 0.0268. The highest BCUT2D eigenvalue weighted by atomic mass is 35.5. The van der Waals surface area contributed by atoms with Gasteiger partial charge in [0, 0.05) is 22.7 Å². The first-order chi connectivity index (χ1) is 13.4. The molecule has 2 aromatic carbocycles. The topological polar surface area (TPSA) is 69.7 Å². The summed E-state index contributed by atoms with van der Waals surface area (Å²) in [5.41, 5.74) is -0.976. The molecule has 6 nitrogen and oxygen atoms in total. The molecule has 2 aliphatic heterocycles. The second-order valence-electron chi connectivity index (χ2n) is 6.49. The highest BCUT2D eigenvalue weighted by molar-refractivity contribution is 6.31. The smallest absolute Gasteiger partial charge is 0.311 e. The van der Waals surface area contributed by atoms with Crippen LogP contribution in [-0.4, -0.2) is 29.3 Å². The molecular weight excluding hydrogens is 385 g/mol. The predicted molar refractivity (Wildman–Crippen MR) is 101 cm³/mol. The highest BCUT2D eigenvalue weighted by Crippen LogP contribution is 2.44. The van der Waals surface area contributed by atoms with E-state index in [0.717, 1.165) is 4.90 Å². The number of benzene rings is 2. The van der Waals surface area contributed by atoms with Crippen molar-refractivity contribution >= 4 is 35.1 Å². The molecule has 1 fully saturated rings. The fourth-order valence-corrected chi connectivity index (χ4v) is 3.87. The number of amides is 4. The van der Waals surface area contributed by atoms with Crippen LogP contribution in [-0.2, 0) is 21.7 Å². The van der Waals surface area contributed by atoms with Gasteiger partial charge in [-0.2, -0.15) is 0 Å². The van der Waals surface area contributed by atoms with Crippen molar-refractivity contribution in [3.63, 3.8) is 0 Å². The summed E-state index contributed by atoms with van der Waals surface area (Å²) in [4.78, 5) is 41.0. The third-order valence-corrected chi connectivity index (χ3v) is 5.31. The van der Waals surface area contributed by atoms with E-state index >= 15 is 0 Å². The molecule has 0 aliphatic carbocycles. The van der Waals surface area contributed by atoms with Gasteiger partial charge >= 0.3 is 6.03 Å². The number of anilines is 1. The van der Waals surface area contributed by atoms with Gasteiger partial charge in [0.05, 0.1) is 12.2 Å². The van der Waals surface area contributed by atoms with Crippen LogP contribution in [0.4, 0.5) is 14.9 Å². The van der Waals surface area contributed by atoms with E-state index in [1.807, 2.05) is 0 Å². The summed E-state index contributed by atoms with van der Waals surface area (Å²) in [5.74, 6) is -1.90. The van der Waals surface area contributed by atoms with Crippen molar-refractivity contribution in [2.45, 2.75) is 12.1 Å². The number of rotatable bonds is 4. The average molecular weight is 400 g/mol. The van der Waals surface area contributed by atoms with Gasteiger partial charge in [0.2, 0.25) is 5.54 Å². The van der Waals surface area contributed by atoms with E-state index in [0.29, 0.717) is 11.3 Å². The Labute approximate surface area is 165 Å². The summed E-state index contributed by atoms with van der Waals surface area (Å²) in [6.45, 7) is 3.34. The Morgan fingerprint density at radius 2 is 1.79 bits per heavy atom. The van der Waals surface area contributed by atoms with Crippen LogP contribution in [0.5, 0.6) is 0 Å². The number of imide groups is 1. The van der Waals surface area contributed by atoms with E-state index in [1.54, 1.807) is 24.3 Å². The third-order valence-electron chi connectivity index (χ3n) is 4.96. The first kappa shape index (κ1) is 18.2. The lowest BCUT2D eigenvalue weighted by atomic mass is 9.91. The van der Waals surface area contributed by atoms with Crippen molar-refractivity contribution in [2.75, 3.05) is 11.4 Å². The highest BCUT2D eigenvalue weighted by Gasteiger charge is 2.63. The molecule has 2 heterocycles. The van der Waals surface area contributed by atoms with Crippen molar-refractivity contribution < 1.29 is 18.8 Å². The number of nitrogens with one attached hydrogen (secondary N) is 1. The lowest BCUT2D eigenvalue weighted by Crippen LogP contribution is -2.52. The number of para-hydroxylation sites is 1. The lowest BCUT2D eigenvalue weighted by Gasteiger charge is -2.22. The Balaban J connectivity index is 1.83. The molecule has 2 aromatic rings. The van der Waals surface area contributed by atoms with Crippen molar-refractivity contribution in [2.24, 2.45) is 0 Å². The van der Waals surface area contributed by atoms with Gasteiger partial charge in [-0.25, -0.2) is 9.18 Å². The summed E-state index contributed by atoms with van der Waals surface area (Å²) in [6, 6.07) is 10.2. The standard InChI is InChI=1S/C20H15ClFN3O3/c1-2-10-24-17(26)20(23-19(24)28)13-6-3-4-9-16(13)25(18(20)27)11-12-14(21)7-5-8-15(12)22/h2-9H,1,10-11H2,(H,23,28). The minimum atomic E-state index is -1.87. The molecular formula is C20H15ClFN3O3. The quantitative estimate of drug-likeness (QED) is 0.488. The molecule has 4 rings (SSSR count). The Hall–Kier alpha value is -3.19. The SMILES string of the molecule is C=CCN1C(=O)NC2(C1=O)C(=O)N(Cc1c(F)cccc1Cl)c1ccccc12. The summed E-state index contributed by atoms with van der Waals surface area (Å²) >= 11 is 6.12. The summed E-state index contributed by atoms with van der Waals surface area (Å²) in [5, 5.41) is 2.70. The Kier molecular flexibility index (Phi) is 4.19. The van der Waals surface area contributed by atoms with Crippen LogP contribution in [0.3, 0.4) is 0 Å². The summed E-state index contributed by atoms with van der Waals surface area (Å²) in [7, 11) is 0.